The third-order valence-electron chi connectivity index (χ3n) is 3.93. The smallest absolute Gasteiger partial charge is 0.270 e. The summed E-state index contributed by atoms with van der Waals surface area (Å²) in [6.45, 7) is 4.59. The molecule has 22 heavy (non-hydrogen) atoms. The molecule has 2 heterocycles. The van der Waals surface area contributed by atoms with Crippen LogP contribution in [0.15, 0.2) is 23.6 Å². The second-order valence-electron chi connectivity index (χ2n) is 5.35. The zero-order chi connectivity index (χ0) is 15.5. The van der Waals surface area contributed by atoms with Crippen molar-refractivity contribution in [1.29, 1.82) is 0 Å². The van der Waals surface area contributed by atoms with Crippen LogP contribution in [0.4, 0.5) is 5.69 Å². The van der Waals surface area contributed by atoms with Crippen molar-refractivity contribution in [3.8, 4) is 0 Å². The quantitative estimate of drug-likeness (QED) is 0.520. The number of Topliss-reactive ketones (excluding diaryl/α,β-unsaturated/α-hetero) is 1. The van der Waals surface area contributed by atoms with E-state index in [0.29, 0.717) is 17.4 Å². The number of ketones is 1. The number of nitro groups is 1. The number of nitrogens with one attached hydrogen (secondary N) is 1. The summed E-state index contributed by atoms with van der Waals surface area (Å²) in [5.41, 5.74) is 0.640. The molecular weight excluding hydrogens is 302 g/mol. The van der Waals surface area contributed by atoms with E-state index in [0.717, 1.165) is 37.4 Å². The first-order valence-corrected chi connectivity index (χ1v) is 8.15. The van der Waals surface area contributed by atoms with Crippen molar-refractivity contribution in [2.75, 3.05) is 32.7 Å². The molecule has 1 N–H and O–H groups in total. The molecule has 0 aliphatic carbocycles. The van der Waals surface area contributed by atoms with Gasteiger partial charge in [0, 0.05) is 72.3 Å². The highest BCUT2D eigenvalue weighted by Gasteiger charge is 2.17. The molecule has 1 aliphatic rings. The van der Waals surface area contributed by atoms with Crippen LogP contribution < -0.4 is 5.32 Å². The molecule has 1 saturated heterocycles. The lowest BCUT2D eigenvalue weighted by Crippen LogP contribution is -2.44. The normalized spacial score (nSPS) is 16.0. The Labute approximate surface area is 131 Å². The van der Waals surface area contributed by atoms with Gasteiger partial charge in [-0.2, -0.15) is 0 Å². The van der Waals surface area contributed by atoms with Crippen molar-refractivity contribution in [1.82, 2.24) is 10.2 Å². The molecule has 0 unspecified atom stereocenters. The molecule has 2 aromatic rings. The number of hydrogen-bond acceptors (Lipinski definition) is 6. The number of thiophene rings is 1. The molecular formula is C15H17N3O3S. The maximum Gasteiger partial charge on any atom is 0.270 e. The average molecular weight is 319 g/mol. The maximum atomic E-state index is 12.4. The van der Waals surface area contributed by atoms with Crippen LogP contribution in [0, 0.1) is 10.1 Å². The van der Waals surface area contributed by atoms with Gasteiger partial charge in [0.2, 0.25) is 0 Å². The third-order valence-corrected chi connectivity index (χ3v) is 4.90. The maximum absolute atomic E-state index is 12.4. The topological polar surface area (TPSA) is 75.5 Å². The first kappa shape index (κ1) is 15.1. The Morgan fingerprint density at radius 3 is 2.86 bits per heavy atom. The summed E-state index contributed by atoms with van der Waals surface area (Å²) in [6, 6.07) is 4.70. The molecule has 1 aromatic carbocycles. The predicted octanol–water partition coefficient (Wildman–Crippen LogP) is 2.29. The van der Waals surface area contributed by atoms with Gasteiger partial charge >= 0.3 is 0 Å². The zero-order valence-corrected chi connectivity index (χ0v) is 12.9. The molecule has 0 bridgehead atoms. The SMILES string of the molecule is O=C(CCN1CCNCC1)c1csc2ccc([N+](=O)[O-])cc12. The number of piperazine rings is 1. The van der Waals surface area contributed by atoms with Gasteiger partial charge in [-0.15, -0.1) is 11.3 Å². The monoisotopic (exact) mass is 319 g/mol. The van der Waals surface area contributed by atoms with Gasteiger partial charge < -0.3 is 10.2 Å². The Hall–Kier alpha value is -1.83. The number of nitro benzene ring substituents is 1. The van der Waals surface area contributed by atoms with Crippen molar-refractivity contribution >= 4 is 32.9 Å². The van der Waals surface area contributed by atoms with E-state index in [-0.39, 0.29) is 11.5 Å². The zero-order valence-electron chi connectivity index (χ0n) is 12.1. The third kappa shape index (κ3) is 3.16. The number of nitrogens with zero attached hydrogens (tertiary/aromatic N) is 2. The Morgan fingerprint density at radius 2 is 2.14 bits per heavy atom. The molecule has 0 saturated carbocycles. The molecule has 1 aliphatic heterocycles. The first-order valence-electron chi connectivity index (χ1n) is 7.27. The van der Waals surface area contributed by atoms with Crippen LogP contribution in [0.25, 0.3) is 10.1 Å². The van der Waals surface area contributed by atoms with Crippen LogP contribution in [-0.2, 0) is 0 Å². The lowest BCUT2D eigenvalue weighted by molar-refractivity contribution is -0.384. The highest BCUT2D eigenvalue weighted by atomic mass is 32.1. The van der Waals surface area contributed by atoms with Gasteiger partial charge in [0.25, 0.3) is 5.69 Å². The van der Waals surface area contributed by atoms with E-state index in [1.165, 1.54) is 23.5 Å². The van der Waals surface area contributed by atoms with E-state index in [1.807, 2.05) is 5.38 Å². The number of fused-ring (bicyclic) bond motifs is 1. The summed E-state index contributed by atoms with van der Waals surface area (Å²) >= 11 is 1.46. The summed E-state index contributed by atoms with van der Waals surface area (Å²) in [4.78, 5) is 25.2. The molecule has 0 radical (unpaired) electrons. The van der Waals surface area contributed by atoms with Gasteiger partial charge in [-0.3, -0.25) is 14.9 Å². The van der Waals surface area contributed by atoms with Crippen LogP contribution in [-0.4, -0.2) is 48.3 Å². The molecule has 0 atom stereocenters. The second-order valence-corrected chi connectivity index (χ2v) is 6.26. The molecule has 0 spiro atoms. The average Bonchev–Trinajstić information content (AvgIpc) is 2.96. The van der Waals surface area contributed by atoms with Gasteiger partial charge in [-0.05, 0) is 6.07 Å². The predicted molar refractivity (Wildman–Crippen MR) is 86.7 cm³/mol. The van der Waals surface area contributed by atoms with Gasteiger partial charge in [0.1, 0.15) is 0 Å². The van der Waals surface area contributed by atoms with Crippen molar-refractivity contribution in [2.24, 2.45) is 0 Å². The van der Waals surface area contributed by atoms with E-state index in [9.17, 15) is 14.9 Å². The Balaban J connectivity index is 1.75. The van der Waals surface area contributed by atoms with Crippen molar-refractivity contribution in [2.45, 2.75) is 6.42 Å². The molecule has 1 aromatic heterocycles. The van der Waals surface area contributed by atoms with Crippen LogP contribution in [0.1, 0.15) is 16.8 Å². The summed E-state index contributed by atoms with van der Waals surface area (Å²) in [6.07, 6.45) is 0.453. The minimum atomic E-state index is -0.425. The van der Waals surface area contributed by atoms with Crippen LogP contribution >= 0.6 is 11.3 Å². The van der Waals surface area contributed by atoms with Gasteiger partial charge in [-0.1, -0.05) is 0 Å². The summed E-state index contributed by atoms with van der Waals surface area (Å²) in [5, 5.41) is 16.7. The van der Waals surface area contributed by atoms with Crippen molar-refractivity contribution < 1.29 is 9.72 Å². The highest BCUT2D eigenvalue weighted by molar-refractivity contribution is 7.17. The standard InChI is InChI=1S/C15H17N3O3S/c19-14(3-6-17-7-4-16-5-8-17)13-10-22-15-2-1-11(18(20)21)9-12(13)15/h1-2,9-10,16H,3-8H2. The Morgan fingerprint density at radius 1 is 1.36 bits per heavy atom. The fourth-order valence-electron chi connectivity index (χ4n) is 2.68. The number of hydrogen-bond donors (Lipinski definition) is 1. The fourth-order valence-corrected chi connectivity index (χ4v) is 3.62. The Kier molecular flexibility index (Phi) is 4.47. The number of carbonyl (C=O) groups excluding carboxylic acids is 1. The van der Waals surface area contributed by atoms with Crippen LogP contribution in [0.2, 0.25) is 0 Å². The molecule has 0 amide bonds. The molecule has 3 rings (SSSR count). The molecule has 116 valence electrons. The summed E-state index contributed by atoms with van der Waals surface area (Å²) in [5.74, 6) is 0.0604. The summed E-state index contributed by atoms with van der Waals surface area (Å²) < 4.78 is 0.913. The van der Waals surface area contributed by atoms with E-state index >= 15 is 0 Å². The van der Waals surface area contributed by atoms with E-state index < -0.39 is 4.92 Å². The lowest BCUT2D eigenvalue weighted by Gasteiger charge is -2.26. The van der Waals surface area contributed by atoms with Gasteiger partial charge in [0.05, 0.1) is 4.92 Å². The minimum Gasteiger partial charge on any atom is -0.314 e. The van der Waals surface area contributed by atoms with E-state index in [1.54, 1.807) is 6.07 Å². The van der Waals surface area contributed by atoms with Gasteiger partial charge in [0.15, 0.2) is 5.78 Å². The number of non-ortho nitro benzene ring substituents is 1. The van der Waals surface area contributed by atoms with E-state index in [2.05, 4.69) is 10.2 Å². The number of rotatable bonds is 5. The molecule has 7 heteroatoms. The highest BCUT2D eigenvalue weighted by Crippen LogP contribution is 2.30. The van der Waals surface area contributed by atoms with Crippen LogP contribution in [0.5, 0.6) is 0 Å². The second kappa shape index (κ2) is 6.51. The fraction of sp³-hybridized carbons (Fsp3) is 0.400. The van der Waals surface area contributed by atoms with Crippen molar-refractivity contribution in [3.63, 3.8) is 0 Å². The lowest BCUT2D eigenvalue weighted by atomic mass is 10.1. The summed E-state index contributed by atoms with van der Waals surface area (Å²) in [7, 11) is 0. The number of carbonyl (C=O) groups is 1. The van der Waals surface area contributed by atoms with Crippen molar-refractivity contribution in [3.05, 3.63) is 39.3 Å². The first-order chi connectivity index (χ1) is 10.6. The van der Waals surface area contributed by atoms with Crippen LogP contribution in [0.3, 0.4) is 0 Å². The largest absolute Gasteiger partial charge is 0.314 e. The minimum absolute atomic E-state index is 0.0297. The number of benzene rings is 1. The molecule has 1 fully saturated rings. The molecule has 6 nitrogen and oxygen atoms in total. The van der Waals surface area contributed by atoms with Gasteiger partial charge in [-0.25, -0.2) is 0 Å². The Bertz CT molecular complexity index is 707. The van der Waals surface area contributed by atoms with E-state index in [4.69, 9.17) is 0 Å².